The maximum absolute atomic E-state index is 12.4. The average molecular weight is 760 g/mol. The van der Waals surface area contributed by atoms with E-state index in [4.69, 9.17) is 0 Å². The van der Waals surface area contributed by atoms with E-state index in [2.05, 4.69) is 43.5 Å². The van der Waals surface area contributed by atoms with Crippen LogP contribution in [0.5, 0.6) is 0 Å². The minimum Gasteiger partial charge on any atom is -0.394 e. The molecule has 4 nitrogen and oxygen atoms in total. The van der Waals surface area contributed by atoms with Crippen molar-refractivity contribution in [2.24, 2.45) is 0 Å². The number of hydrogen-bond acceptors (Lipinski definition) is 3. The van der Waals surface area contributed by atoms with Gasteiger partial charge >= 0.3 is 0 Å². The quantitative estimate of drug-likeness (QED) is 0.0428. The van der Waals surface area contributed by atoms with Crippen molar-refractivity contribution in [2.75, 3.05) is 6.61 Å². The van der Waals surface area contributed by atoms with Crippen molar-refractivity contribution in [1.29, 1.82) is 0 Å². The van der Waals surface area contributed by atoms with Gasteiger partial charge in [-0.1, -0.05) is 244 Å². The zero-order valence-corrected chi connectivity index (χ0v) is 36.8. The van der Waals surface area contributed by atoms with Gasteiger partial charge < -0.3 is 15.5 Å². The minimum absolute atomic E-state index is 0.0329. The van der Waals surface area contributed by atoms with E-state index in [1.807, 2.05) is 0 Å². The molecule has 0 aromatic carbocycles. The molecule has 0 aliphatic heterocycles. The summed E-state index contributed by atoms with van der Waals surface area (Å²) < 4.78 is 0. The molecule has 4 heteroatoms. The van der Waals surface area contributed by atoms with Gasteiger partial charge in [0.15, 0.2) is 0 Å². The third kappa shape index (κ3) is 42.0. The van der Waals surface area contributed by atoms with Crippen molar-refractivity contribution in [3.63, 3.8) is 0 Å². The smallest absolute Gasteiger partial charge is 0.220 e. The van der Waals surface area contributed by atoms with E-state index in [1.54, 1.807) is 0 Å². The number of unbranched alkanes of at least 4 members (excludes halogenated alkanes) is 34. The van der Waals surface area contributed by atoms with E-state index in [-0.39, 0.29) is 12.5 Å². The summed E-state index contributed by atoms with van der Waals surface area (Å²) in [6.45, 7) is 4.35. The fourth-order valence-corrected chi connectivity index (χ4v) is 7.69. The van der Waals surface area contributed by atoms with E-state index in [0.717, 1.165) is 32.1 Å². The molecule has 0 rings (SSSR count). The Labute approximate surface area is 339 Å². The number of aliphatic hydroxyl groups excluding tert-OH is 2. The van der Waals surface area contributed by atoms with Gasteiger partial charge in [0, 0.05) is 6.42 Å². The number of allylic oxidation sites excluding steroid dienone is 4. The molecule has 0 aliphatic rings. The van der Waals surface area contributed by atoms with E-state index >= 15 is 0 Å². The Hall–Kier alpha value is -1.13. The summed E-state index contributed by atoms with van der Waals surface area (Å²) in [4.78, 5) is 12.4. The number of carbonyl (C=O) groups is 1. The maximum atomic E-state index is 12.4. The van der Waals surface area contributed by atoms with Crippen LogP contribution >= 0.6 is 0 Å². The molecule has 320 valence electrons. The van der Waals surface area contributed by atoms with Gasteiger partial charge in [-0.25, -0.2) is 0 Å². The van der Waals surface area contributed by atoms with Gasteiger partial charge in [0.25, 0.3) is 0 Å². The van der Waals surface area contributed by atoms with Crippen LogP contribution in [0, 0.1) is 0 Å². The second-order valence-electron chi connectivity index (χ2n) is 16.9. The van der Waals surface area contributed by atoms with Crippen molar-refractivity contribution < 1.29 is 15.0 Å². The van der Waals surface area contributed by atoms with Gasteiger partial charge in [-0.2, -0.15) is 0 Å². The number of rotatable bonds is 45. The molecule has 0 saturated carbocycles. The van der Waals surface area contributed by atoms with Crippen LogP contribution in [0.4, 0.5) is 0 Å². The van der Waals surface area contributed by atoms with Gasteiger partial charge in [0.05, 0.1) is 18.8 Å². The fourth-order valence-electron chi connectivity index (χ4n) is 7.69. The van der Waals surface area contributed by atoms with Crippen LogP contribution in [0.1, 0.15) is 271 Å². The number of carbonyl (C=O) groups excluding carboxylic acids is 1. The van der Waals surface area contributed by atoms with E-state index < -0.39 is 12.1 Å². The van der Waals surface area contributed by atoms with E-state index in [1.165, 1.54) is 212 Å². The molecular formula is C50H97NO3. The van der Waals surface area contributed by atoms with Gasteiger partial charge in [0.2, 0.25) is 5.91 Å². The second kappa shape index (κ2) is 46.3. The van der Waals surface area contributed by atoms with Gasteiger partial charge in [-0.15, -0.1) is 0 Å². The zero-order valence-electron chi connectivity index (χ0n) is 36.8. The van der Waals surface area contributed by atoms with Crippen molar-refractivity contribution in [3.8, 4) is 0 Å². The molecule has 0 aromatic rings. The van der Waals surface area contributed by atoms with Crippen molar-refractivity contribution in [1.82, 2.24) is 5.32 Å². The molecule has 1 amide bonds. The molecule has 0 aromatic heterocycles. The Morgan fingerprint density at radius 2 is 0.759 bits per heavy atom. The summed E-state index contributed by atoms with van der Waals surface area (Å²) >= 11 is 0. The van der Waals surface area contributed by atoms with Gasteiger partial charge in [-0.3, -0.25) is 4.79 Å². The predicted octanol–water partition coefficient (Wildman–Crippen LogP) is 15.6. The molecule has 0 bridgehead atoms. The lowest BCUT2D eigenvalue weighted by Crippen LogP contribution is -2.45. The molecule has 0 spiro atoms. The zero-order chi connectivity index (χ0) is 39.3. The summed E-state index contributed by atoms with van der Waals surface area (Å²) in [5.41, 5.74) is 0. The molecule has 54 heavy (non-hydrogen) atoms. The van der Waals surface area contributed by atoms with Gasteiger partial charge in [0.1, 0.15) is 0 Å². The average Bonchev–Trinajstić information content (AvgIpc) is 3.18. The van der Waals surface area contributed by atoms with Crippen molar-refractivity contribution in [2.45, 2.75) is 283 Å². The van der Waals surface area contributed by atoms with Crippen LogP contribution in [0.2, 0.25) is 0 Å². The van der Waals surface area contributed by atoms with Crippen LogP contribution in [0.3, 0.4) is 0 Å². The lowest BCUT2D eigenvalue weighted by Gasteiger charge is -2.22. The lowest BCUT2D eigenvalue weighted by molar-refractivity contribution is -0.123. The maximum Gasteiger partial charge on any atom is 0.220 e. The topological polar surface area (TPSA) is 69.6 Å². The first-order valence-corrected chi connectivity index (χ1v) is 24.5. The predicted molar refractivity (Wildman–Crippen MR) is 239 cm³/mol. The lowest BCUT2D eigenvalue weighted by atomic mass is 10.0. The first-order valence-electron chi connectivity index (χ1n) is 24.5. The van der Waals surface area contributed by atoms with Crippen molar-refractivity contribution in [3.05, 3.63) is 24.3 Å². The fraction of sp³-hybridized carbons (Fsp3) is 0.900. The second-order valence-corrected chi connectivity index (χ2v) is 16.9. The largest absolute Gasteiger partial charge is 0.394 e. The van der Waals surface area contributed by atoms with Crippen molar-refractivity contribution >= 4 is 5.91 Å². The third-order valence-electron chi connectivity index (χ3n) is 11.5. The number of amides is 1. The van der Waals surface area contributed by atoms with Crippen LogP contribution in [0.15, 0.2) is 24.3 Å². The highest BCUT2D eigenvalue weighted by molar-refractivity contribution is 5.76. The van der Waals surface area contributed by atoms with Crippen LogP contribution in [0.25, 0.3) is 0 Å². The molecule has 0 fully saturated rings. The molecule has 0 radical (unpaired) electrons. The summed E-state index contributed by atoms with van der Waals surface area (Å²) in [6, 6.07) is -0.537. The van der Waals surface area contributed by atoms with E-state index in [0.29, 0.717) is 12.8 Å². The summed E-state index contributed by atoms with van der Waals surface area (Å²) in [6.07, 6.45) is 59.9. The van der Waals surface area contributed by atoms with E-state index in [9.17, 15) is 15.0 Å². The molecule has 0 heterocycles. The number of aliphatic hydroxyl groups is 2. The SMILES string of the molecule is CCCCC/C=C\C/C=C\CCCCCCCCCCCC(=O)NC(CO)C(O)CCCCCCCCCCCCCCCCCCCCCCCCC. The van der Waals surface area contributed by atoms with Gasteiger partial charge in [-0.05, 0) is 44.9 Å². The summed E-state index contributed by atoms with van der Waals surface area (Å²) in [5, 5.41) is 23.3. The third-order valence-corrected chi connectivity index (χ3v) is 11.5. The van der Waals surface area contributed by atoms with Crippen LogP contribution in [-0.4, -0.2) is 34.9 Å². The highest BCUT2D eigenvalue weighted by Crippen LogP contribution is 2.17. The van der Waals surface area contributed by atoms with Crippen LogP contribution < -0.4 is 5.32 Å². The normalized spacial score (nSPS) is 13.0. The first kappa shape index (κ1) is 52.9. The highest BCUT2D eigenvalue weighted by atomic mass is 16.3. The highest BCUT2D eigenvalue weighted by Gasteiger charge is 2.20. The Balaban J connectivity index is 3.47. The first-order chi connectivity index (χ1) is 26.7. The Bertz CT molecular complexity index is 780. The summed E-state index contributed by atoms with van der Waals surface area (Å²) in [5.74, 6) is -0.0329. The molecular weight excluding hydrogens is 663 g/mol. The monoisotopic (exact) mass is 760 g/mol. The standard InChI is InChI=1S/C50H97NO3/c1-3-5-7-9-11-13-15-17-19-21-23-24-25-26-28-29-31-33-35-37-39-41-43-45-49(53)48(47-52)51-50(54)46-44-42-40-38-36-34-32-30-27-22-20-18-16-14-12-10-8-6-4-2/h12,14,18,20,48-49,52-53H,3-11,13,15-17,19,21-47H2,1-2H3,(H,51,54)/b14-12-,20-18-. The summed E-state index contributed by atoms with van der Waals surface area (Å²) in [7, 11) is 0. The molecule has 0 aliphatic carbocycles. The molecule has 2 unspecified atom stereocenters. The molecule has 2 atom stereocenters. The Kier molecular flexibility index (Phi) is 45.3. The molecule has 3 N–H and O–H groups in total. The Morgan fingerprint density at radius 1 is 0.444 bits per heavy atom. The van der Waals surface area contributed by atoms with Crippen LogP contribution in [-0.2, 0) is 4.79 Å². The minimum atomic E-state index is -0.660. The Morgan fingerprint density at radius 3 is 1.15 bits per heavy atom. The molecule has 0 saturated heterocycles. The number of hydrogen-bond donors (Lipinski definition) is 3. The number of nitrogens with one attached hydrogen (secondary N) is 1.